The Morgan fingerprint density at radius 1 is 1.17 bits per heavy atom. The normalized spacial score (nSPS) is 11.0. The molecule has 6 nitrogen and oxygen atoms in total. The molecular formula is C16H17F2N3O3. The summed E-state index contributed by atoms with van der Waals surface area (Å²) in [6.45, 7) is -2.02. The van der Waals surface area contributed by atoms with E-state index in [1.54, 1.807) is 48.7 Å². The lowest BCUT2D eigenvalue weighted by Gasteiger charge is -2.14. The van der Waals surface area contributed by atoms with Crippen molar-refractivity contribution in [1.29, 1.82) is 0 Å². The van der Waals surface area contributed by atoms with Crippen molar-refractivity contribution >= 4 is 5.91 Å². The monoisotopic (exact) mass is 337 g/mol. The van der Waals surface area contributed by atoms with Crippen LogP contribution in [0.25, 0.3) is 0 Å². The lowest BCUT2D eigenvalue weighted by molar-refractivity contribution is -0.124. The van der Waals surface area contributed by atoms with E-state index in [0.29, 0.717) is 17.4 Å². The van der Waals surface area contributed by atoms with Gasteiger partial charge in [-0.1, -0.05) is 6.07 Å². The maximum Gasteiger partial charge on any atom is 0.277 e. The van der Waals surface area contributed by atoms with Crippen LogP contribution in [-0.2, 0) is 4.79 Å². The summed E-state index contributed by atoms with van der Waals surface area (Å²) in [7, 11) is 0. The molecule has 0 atom stereocenters. The van der Waals surface area contributed by atoms with Crippen LogP contribution >= 0.6 is 0 Å². The van der Waals surface area contributed by atoms with Gasteiger partial charge in [0.1, 0.15) is 11.5 Å². The number of halogens is 2. The second kappa shape index (κ2) is 8.21. The summed E-state index contributed by atoms with van der Waals surface area (Å²) >= 11 is 0. The van der Waals surface area contributed by atoms with Gasteiger partial charge in [-0.3, -0.25) is 4.79 Å². The van der Waals surface area contributed by atoms with Crippen molar-refractivity contribution < 1.29 is 23.0 Å². The van der Waals surface area contributed by atoms with Crippen molar-refractivity contribution in [3.8, 4) is 17.4 Å². The highest BCUT2D eigenvalue weighted by atomic mass is 19.3. The number of rotatable bonds is 8. The molecule has 8 heteroatoms. The van der Waals surface area contributed by atoms with E-state index < -0.39 is 24.9 Å². The van der Waals surface area contributed by atoms with Gasteiger partial charge < -0.3 is 20.5 Å². The minimum absolute atomic E-state index is 0.374. The van der Waals surface area contributed by atoms with Crippen molar-refractivity contribution in [2.24, 2.45) is 5.73 Å². The van der Waals surface area contributed by atoms with Gasteiger partial charge in [0.2, 0.25) is 5.88 Å². The van der Waals surface area contributed by atoms with Gasteiger partial charge in [-0.25, -0.2) is 13.8 Å². The third-order valence-electron chi connectivity index (χ3n) is 2.90. The summed E-state index contributed by atoms with van der Waals surface area (Å²) in [5.74, 6) is -2.37. The van der Waals surface area contributed by atoms with E-state index in [1.165, 1.54) is 0 Å². The molecule has 1 aromatic carbocycles. The highest BCUT2D eigenvalue weighted by molar-refractivity contribution is 5.77. The molecule has 1 heterocycles. The zero-order chi connectivity index (χ0) is 17.4. The van der Waals surface area contributed by atoms with E-state index in [0.717, 1.165) is 0 Å². The Labute approximate surface area is 137 Å². The number of hydrogen-bond donors (Lipinski definition) is 2. The van der Waals surface area contributed by atoms with Crippen LogP contribution in [0.3, 0.4) is 0 Å². The Hall–Kier alpha value is -2.74. The predicted molar refractivity (Wildman–Crippen MR) is 83.3 cm³/mol. The number of alkyl halides is 2. The van der Waals surface area contributed by atoms with Crippen LogP contribution in [0.2, 0.25) is 0 Å². The molecule has 128 valence electrons. The number of nitrogens with two attached hydrogens (primary N) is 1. The van der Waals surface area contributed by atoms with Crippen LogP contribution in [0.5, 0.6) is 17.4 Å². The van der Waals surface area contributed by atoms with E-state index in [2.05, 4.69) is 10.3 Å². The van der Waals surface area contributed by atoms with E-state index in [1.807, 2.05) is 0 Å². The van der Waals surface area contributed by atoms with E-state index >= 15 is 0 Å². The van der Waals surface area contributed by atoms with E-state index in [9.17, 15) is 13.6 Å². The maximum atomic E-state index is 12.9. The number of nitrogens with one attached hydrogen (secondary N) is 1. The van der Waals surface area contributed by atoms with Crippen LogP contribution in [0.4, 0.5) is 8.78 Å². The lowest BCUT2D eigenvalue weighted by atomic mass is 10.3. The predicted octanol–water partition coefficient (Wildman–Crippen LogP) is 1.96. The second-order valence-electron chi connectivity index (χ2n) is 4.87. The molecule has 2 rings (SSSR count). The van der Waals surface area contributed by atoms with Crippen LogP contribution in [-0.4, -0.2) is 36.5 Å². The molecule has 1 amide bonds. The number of nitrogens with zero attached hydrogens (tertiary/aromatic N) is 1. The standard InChI is InChI=1S/C16H17F2N3O3/c17-16(18,10-19)11-21-14(22)9-23-12-4-6-13(7-5-12)24-15-3-1-2-8-20-15/h1-8H,9-11,19H2,(H,21,22). The highest BCUT2D eigenvalue weighted by Gasteiger charge is 2.27. The molecule has 24 heavy (non-hydrogen) atoms. The number of carbonyl (C=O) groups is 1. The Bertz CT molecular complexity index is 651. The van der Waals surface area contributed by atoms with Crippen molar-refractivity contribution in [2.45, 2.75) is 5.92 Å². The Kier molecular flexibility index (Phi) is 6.02. The quantitative estimate of drug-likeness (QED) is 0.769. The summed E-state index contributed by atoms with van der Waals surface area (Å²) in [5, 5.41) is 2.06. The summed E-state index contributed by atoms with van der Waals surface area (Å²) < 4.78 is 36.5. The first-order valence-electron chi connectivity index (χ1n) is 7.15. The van der Waals surface area contributed by atoms with Gasteiger partial charge in [-0.05, 0) is 30.3 Å². The average Bonchev–Trinajstić information content (AvgIpc) is 2.60. The Morgan fingerprint density at radius 3 is 2.50 bits per heavy atom. The Balaban J connectivity index is 1.78. The minimum Gasteiger partial charge on any atom is -0.484 e. The maximum absolute atomic E-state index is 12.9. The number of carbonyl (C=O) groups excluding carboxylic acids is 1. The van der Waals surface area contributed by atoms with Gasteiger partial charge in [0.15, 0.2) is 6.61 Å². The molecule has 3 N–H and O–H groups in total. The molecule has 0 aliphatic heterocycles. The number of pyridine rings is 1. The van der Waals surface area contributed by atoms with Crippen molar-refractivity contribution in [1.82, 2.24) is 10.3 Å². The van der Waals surface area contributed by atoms with Gasteiger partial charge in [0, 0.05) is 12.3 Å². The summed E-state index contributed by atoms with van der Waals surface area (Å²) in [4.78, 5) is 15.5. The largest absolute Gasteiger partial charge is 0.484 e. The average molecular weight is 337 g/mol. The van der Waals surface area contributed by atoms with Crippen molar-refractivity contribution in [3.05, 3.63) is 48.7 Å². The molecule has 0 saturated carbocycles. The molecule has 0 bridgehead atoms. The first-order chi connectivity index (χ1) is 11.5. The van der Waals surface area contributed by atoms with Crippen molar-refractivity contribution in [3.63, 3.8) is 0 Å². The molecule has 0 radical (unpaired) electrons. The van der Waals surface area contributed by atoms with Gasteiger partial charge in [-0.15, -0.1) is 0 Å². The first-order valence-corrected chi connectivity index (χ1v) is 7.15. The minimum atomic E-state index is -3.12. The van der Waals surface area contributed by atoms with Crippen molar-refractivity contribution in [2.75, 3.05) is 19.7 Å². The zero-order valence-electron chi connectivity index (χ0n) is 12.7. The van der Waals surface area contributed by atoms with Gasteiger partial charge in [-0.2, -0.15) is 0 Å². The van der Waals surface area contributed by atoms with Crippen LogP contribution in [0.1, 0.15) is 0 Å². The molecular weight excluding hydrogens is 320 g/mol. The smallest absolute Gasteiger partial charge is 0.277 e. The summed E-state index contributed by atoms with van der Waals surface area (Å²) in [6, 6.07) is 11.8. The third-order valence-corrected chi connectivity index (χ3v) is 2.90. The molecule has 1 aromatic heterocycles. The molecule has 0 unspecified atom stereocenters. The lowest BCUT2D eigenvalue weighted by Crippen LogP contribution is -2.42. The number of aromatic nitrogens is 1. The molecule has 0 aliphatic rings. The topological polar surface area (TPSA) is 86.5 Å². The number of ether oxygens (including phenoxy) is 2. The third kappa shape index (κ3) is 5.81. The van der Waals surface area contributed by atoms with Crippen LogP contribution < -0.4 is 20.5 Å². The Morgan fingerprint density at radius 2 is 1.88 bits per heavy atom. The summed E-state index contributed by atoms with van der Waals surface area (Å²) in [6.07, 6.45) is 1.61. The SMILES string of the molecule is NCC(F)(F)CNC(=O)COc1ccc(Oc2ccccn2)cc1. The molecule has 0 aliphatic carbocycles. The number of amides is 1. The summed E-state index contributed by atoms with van der Waals surface area (Å²) in [5.41, 5.74) is 4.88. The van der Waals surface area contributed by atoms with E-state index in [4.69, 9.17) is 15.2 Å². The fraction of sp³-hybridized carbons (Fsp3) is 0.250. The fourth-order valence-electron chi connectivity index (χ4n) is 1.63. The molecule has 0 saturated heterocycles. The van der Waals surface area contributed by atoms with E-state index in [-0.39, 0.29) is 6.61 Å². The zero-order valence-corrected chi connectivity index (χ0v) is 12.7. The number of benzene rings is 1. The van der Waals surface area contributed by atoms with Gasteiger partial charge in [0.05, 0.1) is 13.1 Å². The number of hydrogen-bond acceptors (Lipinski definition) is 5. The molecule has 0 spiro atoms. The first kappa shape index (κ1) is 17.6. The van der Waals surface area contributed by atoms with Crippen LogP contribution in [0, 0.1) is 0 Å². The molecule has 0 fully saturated rings. The van der Waals surface area contributed by atoms with Gasteiger partial charge >= 0.3 is 0 Å². The fourth-order valence-corrected chi connectivity index (χ4v) is 1.63. The second-order valence-corrected chi connectivity index (χ2v) is 4.87. The van der Waals surface area contributed by atoms with Crippen LogP contribution in [0.15, 0.2) is 48.7 Å². The highest BCUT2D eigenvalue weighted by Crippen LogP contribution is 2.22. The molecule has 2 aromatic rings. The van der Waals surface area contributed by atoms with Gasteiger partial charge in [0.25, 0.3) is 11.8 Å².